The molecular weight excluding hydrogens is 618 g/mol. The maximum atomic E-state index is 14.3. The summed E-state index contributed by atoms with van der Waals surface area (Å²) in [6, 6.07) is 2.15. The maximum Gasteiger partial charge on any atom is 0.511 e. The molecule has 1 aromatic carbocycles. The van der Waals surface area contributed by atoms with E-state index < -0.39 is 64.8 Å². The minimum Gasteiger partial charge on any atom is -0.451 e. The number of ether oxygens (including phenoxy) is 3. The molecule has 4 heterocycles. The van der Waals surface area contributed by atoms with Crippen LogP contribution < -0.4 is 15.5 Å². The number of pyridine rings is 1. The number of rotatable bonds is 12. The quantitative estimate of drug-likeness (QED) is 0.186. The van der Waals surface area contributed by atoms with E-state index in [1.165, 1.54) is 16.8 Å². The second kappa shape index (κ2) is 14.5. The molecule has 14 heteroatoms. The van der Waals surface area contributed by atoms with Crippen molar-refractivity contribution >= 4 is 23.7 Å². The number of benzene rings is 1. The monoisotopic (exact) mass is 658 g/mol. The van der Waals surface area contributed by atoms with Crippen molar-refractivity contribution in [1.29, 1.82) is 0 Å². The highest BCUT2D eigenvalue weighted by Crippen LogP contribution is 2.46. The number of amides is 2. The smallest absolute Gasteiger partial charge is 0.451 e. The molecule has 0 unspecified atom stereocenters. The molecule has 0 saturated carbocycles. The van der Waals surface area contributed by atoms with E-state index in [1.54, 1.807) is 4.90 Å². The van der Waals surface area contributed by atoms with Gasteiger partial charge < -0.3 is 33.8 Å². The number of hydrogen-bond acceptors (Lipinski definition) is 9. The van der Waals surface area contributed by atoms with E-state index in [0.717, 1.165) is 37.5 Å². The lowest BCUT2D eigenvalue weighted by atomic mass is 9.84. The van der Waals surface area contributed by atoms with Gasteiger partial charge in [-0.25, -0.2) is 13.6 Å². The molecule has 0 radical (unpaired) electrons. The van der Waals surface area contributed by atoms with Gasteiger partial charge in [0.05, 0.1) is 18.4 Å². The first-order chi connectivity index (χ1) is 22.5. The highest BCUT2D eigenvalue weighted by Gasteiger charge is 2.54. The summed E-state index contributed by atoms with van der Waals surface area (Å²) in [5, 5.41) is 6.70. The number of aromatic nitrogens is 1. The largest absolute Gasteiger partial charge is 0.511 e. The van der Waals surface area contributed by atoms with Crippen molar-refractivity contribution in [3.8, 4) is 5.75 Å². The summed E-state index contributed by atoms with van der Waals surface area (Å²) in [5.74, 6) is -3.51. The van der Waals surface area contributed by atoms with Crippen LogP contribution in [-0.4, -0.2) is 64.7 Å². The van der Waals surface area contributed by atoms with Crippen LogP contribution in [0.15, 0.2) is 34.3 Å². The van der Waals surface area contributed by atoms with E-state index >= 15 is 0 Å². The molecule has 1 saturated heterocycles. The molecule has 3 atom stereocenters. The number of hydrogen-bond donors (Lipinski definition) is 1. The van der Waals surface area contributed by atoms with Gasteiger partial charge >= 0.3 is 6.16 Å². The highest BCUT2D eigenvalue weighted by atomic mass is 19.1. The van der Waals surface area contributed by atoms with E-state index in [1.807, 2.05) is 13.8 Å². The van der Waals surface area contributed by atoms with Crippen LogP contribution in [0.25, 0.3) is 0 Å². The molecule has 2 aromatic rings. The fraction of sp³-hybridized carbons (Fsp3) is 0.545. The molecule has 1 aromatic heterocycles. The Bertz CT molecular complexity index is 1610. The van der Waals surface area contributed by atoms with Gasteiger partial charge in [-0.3, -0.25) is 14.4 Å². The fourth-order valence-corrected chi connectivity index (χ4v) is 6.38. The number of oxime groups is 1. The third kappa shape index (κ3) is 7.25. The van der Waals surface area contributed by atoms with Gasteiger partial charge in [0.25, 0.3) is 11.8 Å². The van der Waals surface area contributed by atoms with Crippen LogP contribution in [0.4, 0.5) is 13.6 Å². The van der Waals surface area contributed by atoms with Crippen LogP contribution >= 0.6 is 0 Å². The van der Waals surface area contributed by atoms with Crippen LogP contribution in [0.3, 0.4) is 0 Å². The maximum absolute atomic E-state index is 14.3. The van der Waals surface area contributed by atoms with Crippen LogP contribution in [0.5, 0.6) is 5.75 Å². The zero-order valence-corrected chi connectivity index (χ0v) is 26.8. The van der Waals surface area contributed by atoms with E-state index in [4.69, 9.17) is 19.0 Å². The van der Waals surface area contributed by atoms with Gasteiger partial charge in [0.15, 0.2) is 11.3 Å². The lowest BCUT2D eigenvalue weighted by Gasteiger charge is -2.42. The Morgan fingerprint density at radius 1 is 1.15 bits per heavy atom. The molecule has 2 amide bonds. The van der Waals surface area contributed by atoms with Gasteiger partial charge in [-0.2, -0.15) is 0 Å². The van der Waals surface area contributed by atoms with E-state index in [-0.39, 0.29) is 37.0 Å². The van der Waals surface area contributed by atoms with Crippen molar-refractivity contribution in [2.45, 2.75) is 96.4 Å². The van der Waals surface area contributed by atoms with E-state index in [2.05, 4.69) is 17.4 Å². The topological polar surface area (TPSA) is 138 Å². The van der Waals surface area contributed by atoms with Crippen molar-refractivity contribution in [3.63, 3.8) is 0 Å². The van der Waals surface area contributed by atoms with Crippen molar-refractivity contribution in [2.75, 3.05) is 19.9 Å². The molecule has 1 N–H and O–H groups in total. The predicted octanol–water partition coefficient (Wildman–Crippen LogP) is 5.23. The standard InChI is InChI=1S/C33H40F2N4O8/c1-4-5-6-7-8-13-44-32(43)46-19-45-29-27-31(42)38-18-26(33(12-11-21(38)3)15-20(2)37-47-33)39(27)17-24(28(29)40)30(41)36-16-22-9-10-23(34)14-25(22)35/h9-10,14,17,21,26H,4-8,11-13,15-16,18-19H2,1-3H3,(H,36,41)/t21-,26+,33-/m0/s1. The number of halogens is 2. The summed E-state index contributed by atoms with van der Waals surface area (Å²) in [6.07, 6.45) is 6.66. The molecule has 12 nitrogen and oxygen atoms in total. The second-order valence-corrected chi connectivity index (χ2v) is 12.3. The SMILES string of the molecule is CCCCCCCOC(=O)OCOc1c2n(cc(C(=O)NCc3ccc(F)cc3F)c1=O)[C@@H]1CN(C2=O)[C@@H](C)CC[C@]12CC(C)=NO2. The Balaban J connectivity index is 1.45. The zero-order valence-electron chi connectivity index (χ0n) is 26.8. The van der Waals surface area contributed by atoms with Gasteiger partial charge in [-0.05, 0) is 39.2 Å². The number of fused-ring (bicyclic) bond motifs is 5. The van der Waals surface area contributed by atoms with Crippen LogP contribution in [-0.2, 0) is 20.9 Å². The lowest BCUT2D eigenvalue weighted by molar-refractivity contribution is -0.0658. The second-order valence-electron chi connectivity index (χ2n) is 12.3. The average molecular weight is 659 g/mol. The van der Waals surface area contributed by atoms with Crippen molar-refractivity contribution in [1.82, 2.24) is 14.8 Å². The molecule has 3 aliphatic heterocycles. The number of nitrogens with zero attached hydrogens (tertiary/aromatic N) is 3. The molecule has 47 heavy (non-hydrogen) atoms. The molecule has 1 fully saturated rings. The Morgan fingerprint density at radius 3 is 2.66 bits per heavy atom. The number of unbranched alkanes of at least 4 members (excludes halogenated alkanes) is 4. The van der Waals surface area contributed by atoms with Gasteiger partial charge in [0.1, 0.15) is 17.2 Å². The fourth-order valence-electron chi connectivity index (χ4n) is 6.38. The Labute approximate surface area is 271 Å². The first-order valence-electron chi connectivity index (χ1n) is 16.0. The van der Waals surface area contributed by atoms with Crippen molar-refractivity contribution < 1.29 is 42.2 Å². The minimum absolute atomic E-state index is 0.000990. The van der Waals surface area contributed by atoms with Gasteiger partial charge in [0, 0.05) is 43.4 Å². The minimum atomic E-state index is -1.01. The Hall–Kier alpha value is -4.49. The Morgan fingerprint density at radius 2 is 1.94 bits per heavy atom. The first-order valence-corrected chi connectivity index (χ1v) is 16.0. The molecule has 2 bridgehead atoms. The molecule has 1 spiro atoms. The summed E-state index contributed by atoms with van der Waals surface area (Å²) >= 11 is 0. The summed E-state index contributed by atoms with van der Waals surface area (Å²) in [7, 11) is 0. The van der Waals surface area contributed by atoms with Gasteiger partial charge in [-0.1, -0.05) is 43.8 Å². The number of carbonyl (C=O) groups is 3. The van der Waals surface area contributed by atoms with Gasteiger partial charge in [0.2, 0.25) is 18.0 Å². The van der Waals surface area contributed by atoms with Crippen molar-refractivity contribution in [3.05, 3.63) is 63.1 Å². The lowest BCUT2D eigenvalue weighted by Crippen LogP contribution is -2.52. The molecule has 254 valence electrons. The normalized spacial score (nSPS) is 21.4. The highest BCUT2D eigenvalue weighted by molar-refractivity contribution is 5.99. The third-order valence-corrected chi connectivity index (χ3v) is 8.97. The third-order valence-electron chi connectivity index (χ3n) is 8.97. The predicted molar refractivity (Wildman–Crippen MR) is 165 cm³/mol. The zero-order chi connectivity index (χ0) is 33.7. The van der Waals surface area contributed by atoms with Crippen LogP contribution in [0.1, 0.15) is 105 Å². The van der Waals surface area contributed by atoms with Gasteiger partial charge in [-0.15, -0.1) is 0 Å². The molecule has 3 aliphatic rings. The van der Waals surface area contributed by atoms with E-state index in [9.17, 15) is 28.0 Å². The molecular formula is C33H40F2N4O8. The number of nitrogens with one attached hydrogen (secondary N) is 1. The summed E-state index contributed by atoms with van der Waals surface area (Å²) < 4.78 is 45.0. The van der Waals surface area contributed by atoms with E-state index in [0.29, 0.717) is 31.7 Å². The van der Waals surface area contributed by atoms with Crippen LogP contribution in [0.2, 0.25) is 0 Å². The summed E-state index contributed by atoms with van der Waals surface area (Å²) in [6.45, 7) is 5.11. The number of carbonyl (C=O) groups excluding carboxylic acids is 3. The van der Waals surface area contributed by atoms with Crippen molar-refractivity contribution in [2.24, 2.45) is 5.16 Å². The Kier molecular flexibility index (Phi) is 10.5. The summed E-state index contributed by atoms with van der Waals surface area (Å²) in [4.78, 5) is 61.2. The molecule has 0 aliphatic carbocycles. The van der Waals surface area contributed by atoms with Crippen LogP contribution in [0, 0.1) is 11.6 Å². The first kappa shape index (κ1) is 33.9. The average Bonchev–Trinajstić information content (AvgIpc) is 3.37. The summed E-state index contributed by atoms with van der Waals surface area (Å²) in [5.41, 5.74) is -1.56. The molecule has 5 rings (SSSR count).